The fraction of sp³-hybridized carbons (Fsp3) is 0.167. The normalized spacial score (nSPS) is 10.6. The van der Waals surface area contributed by atoms with Crippen LogP contribution in [0.25, 0.3) is 11.0 Å². The molecule has 2 heterocycles. The number of esters is 1. The van der Waals surface area contributed by atoms with Gasteiger partial charge in [0.05, 0.1) is 5.39 Å². The average molecular weight is 357 g/mol. The molecule has 3 aromatic rings. The number of benzene rings is 1. The van der Waals surface area contributed by atoms with E-state index < -0.39 is 18.5 Å². The van der Waals surface area contributed by atoms with Crippen molar-refractivity contribution in [1.82, 2.24) is 5.32 Å². The molecule has 7 heteroatoms. The first-order chi connectivity index (χ1) is 12.1. The summed E-state index contributed by atoms with van der Waals surface area (Å²) in [6.45, 7) is 0.0295. The molecule has 0 saturated heterocycles. The van der Waals surface area contributed by atoms with E-state index in [1.807, 2.05) is 17.5 Å². The molecular weight excluding hydrogens is 342 g/mol. The summed E-state index contributed by atoms with van der Waals surface area (Å²) >= 11 is 1.61. The molecule has 0 radical (unpaired) electrons. The predicted molar refractivity (Wildman–Crippen MR) is 93.8 cm³/mol. The zero-order valence-corrected chi connectivity index (χ0v) is 14.0. The molecule has 1 N–H and O–H groups in total. The topological polar surface area (TPSA) is 85.6 Å². The van der Waals surface area contributed by atoms with Gasteiger partial charge >= 0.3 is 5.97 Å². The van der Waals surface area contributed by atoms with Gasteiger partial charge in [-0.15, -0.1) is 11.3 Å². The standard InChI is InChI=1S/C18H15NO5S/c20-14-10-16(24-15-6-2-1-5-13(14)15)18(22)23-11-17(21)19-8-7-12-4-3-9-25-12/h1-6,9-10H,7-8,11H2,(H,19,21). The van der Waals surface area contributed by atoms with Crippen molar-refractivity contribution in [3.63, 3.8) is 0 Å². The van der Waals surface area contributed by atoms with Crippen LogP contribution in [0.15, 0.2) is 57.1 Å². The summed E-state index contributed by atoms with van der Waals surface area (Å²) in [5.41, 5.74) is -0.0449. The smallest absolute Gasteiger partial charge is 0.374 e. The molecule has 0 aliphatic carbocycles. The largest absolute Gasteiger partial charge is 0.450 e. The van der Waals surface area contributed by atoms with E-state index in [0.29, 0.717) is 17.5 Å². The molecule has 128 valence electrons. The van der Waals surface area contributed by atoms with E-state index >= 15 is 0 Å². The second kappa shape index (κ2) is 7.76. The number of ether oxygens (including phenoxy) is 1. The van der Waals surface area contributed by atoms with Gasteiger partial charge in [-0.1, -0.05) is 18.2 Å². The van der Waals surface area contributed by atoms with E-state index in [-0.39, 0.29) is 11.2 Å². The van der Waals surface area contributed by atoms with Gasteiger partial charge in [-0.2, -0.15) is 0 Å². The molecule has 0 saturated carbocycles. The molecule has 1 aromatic carbocycles. The van der Waals surface area contributed by atoms with Gasteiger partial charge in [-0.3, -0.25) is 9.59 Å². The number of para-hydroxylation sites is 1. The van der Waals surface area contributed by atoms with Crippen LogP contribution in [0.5, 0.6) is 0 Å². The first kappa shape index (κ1) is 16.9. The Labute approximate surface area is 147 Å². The lowest BCUT2D eigenvalue weighted by Crippen LogP contribution is -2.30. The Bertz CT molecular complexity index is 946. The van der Waals surface area contributed by atoms with Crippen molar-refractivity contribution in [3.05, 3.63) is 68.7 Å². The molecule has 0 spiro atoms. The Kier molecular flexibility index (Phi) is 5.25. The van der Waals surface area contributed by atoms with Crippen molar-refractivity contribution in [2.24, 2.45) is 0 Å². The van der Waals surface area contributed by atoms with Crippen LogP contribution in [0.3, 0.4) is 0 Å². The number of amides is 1. The van der Waals surface area contributed by atoms with Crippen LogP contribution in [0.4, 0.5) is 0 Å². The third-order valence-corrected chi connectivity index (χ3v) is 4.38. The lowest BCUT2D eigenvalue weighted by atomic mass is 10.2. The van der Waals surface area contributed by atoms with Gasteiger partial charge in [0, 0.05) is 17.5 Å². The number of thiophene rings is 1. The van der Waals surface area contributed by atoms with Crippen LogP contribution in [0.1, 0.15) is 15.4 Å². The van der Waals surface area contributed by atoms with Crippen LogP contribution in [0, 0.1) is 0 Å². The van der Waals surface area contributed by atoms with Crippen molar-refractivity contribution in [2.45, 2.75) is 6.42 Å². The molecule has 3 rings (SSSR count). The first-order valence-electron chi connectivity index (χ1n) is 7.62. The van der Waals surface area contributed by atoms with E-state index in [9.17, 15) is 14.4 Å². The highest BCUT2D eigenvalue weighted by Gasteiger charge is 2.15. The lowest BCUT2D eigenvalue weighted by molar-refractivity contribution is -0.124. The lowest BCUT2D eigenvalue weighted by Gasteiger charge is -2.06. The predicted octanol–water partition coefficient (Wildman–Crippen LogP) is 2.37. The molecule has 0 bridgehead atoms. The Hall–Kier alpha value is -2.93. The van der Waals surface area contributed by atoms with Gasteiger partial charge in [-0.25, -0.2) is 4.79 Å². The molecule has 1 amide bonds. The van der Waals surface area contributed by atoms with E-state index in [4.69, 9.17) is 9.15 Å². The Balaban J connectivity index is 1.53. The van der Waals surface area contributed by atoms with Crippen molar-refractivity contribution in [2.75, 3.05) is 13.2 Å². The summed E-state index contributed by atoms with van der Waals surface area (Å²) in [4.78, 5) is 36.8. The first-order valence-corrected chi connectivity index (χ1v) is 8.50. The highest BCUT2D eigenvalue weighted by molar-refractivity contribution is 7.09. The minimum absolute atomic E-state index is 0.227. The summed E-state index contributed by atoms with van der Waals surface area (Å²) in [6, 6.07) is 11.6. The number of rotatable bonds is 6. The summed E-state index contributed by atoms with van der Waals surface area (Å²) < 4.78 is 10.3. The maximum atomic E-state index is 12.0. The minimum atomic E-state index is -0.851. The molecule has 0 aliphatic heterocycles. The van der Waals surface area contributed by atoms with E-state index in [1.165, 1.54) is 0 Å². The highest BCUT2D eigenvalue weighted by Crippen LogP contribution is 2.12. The number of carbonyl (C=O) groups is 2. The maximum absolute atomic E-state index is 12.0. The Morgan fingerprint density at radius 2 is 2.00 bits per heavy atom. The summed E-state index contributed by atoms with van der Waals surface area (Å²) in [6.07, 6.45) is 0.719. The van der Waals surface area contributed by atoms with Crippen molar-refractivity contribution in [3.8, 4) is 0 Å². The van der Waals surface area contributed by atoms with Gasteiger partial charge in [-0.05, 0) is 30.0 Å². The summed E-state index contributed by atoms with van der Waals surface area (Å²) in [5.74, 6) is -1.49. The van der Waals surface area contributed by atoms with Crippen molar-refractivity contribution >= 4 is 34.2 Å². The Morgan fingerprint density at radius 1 is 1.16 bits per heavy atom. The molecule has 0 unspecified atom stereocenters. The van der Waals surface area contributed by atoms with Gasteiger partial charge < -0.3 is 14.5 Å². The second-order valence-electron chi connectivity index (χ2n) is 5.23. The number of fused-ring (bicyclic) bond motifs is 1. The van der Waals surface area contributed by atoms with E-state index in [0.717, 1.165) is 17.4 Å². The SMILES string of the molecule is O=C(COC(=O)c1cc(=O)c2ccccc2o1)NCCc1cccs1. The third kappa shape index (κ3) is 4.33. The summed E-state index contributed by atoms with van der Waals surface area (Å²) in [5, 5.41) is 5.02. The number of nitrogens with one attached hydrogen (secondary N) is 1. The zero-order valence-electron chi connectivity index (χ0n) is 13.2. The van der Waals surface area contributed by atoms with E-state index in [1.54, 1.807) is 35.6 Å². The van der Waals surface area contributed by atoms with Crippen LogP contribution >= 0.6 is 11.3 Å². The maximum Gasteiger partial charge on any atom is 0.374 e. The van der Waals surface area contributed by atoms with Crippen LogP contribution in [-0.4, -0.2) is 25.0 Å². The number of hydrogen-bond acceptors (Lipinski definition) is 6. The molecular formula is C18H15NO5S. The fourth-order valence-electron chi connectivity index (χ4n) is 2.24. The molecule has 0 atom stereocenters. The quantitative estimate of drug-likeness (QED) is 0.685. The van der Waals surface area contributed by atoms with Gasteiger partial charge in [0.2, 0.25) is 5.76 Å². The summed E-state index contributed by atoms with van der Waals surface area (Å²) in [7, 11) is 0. The van der Waals surface area contributed by atoms with E-state index in [2.05, 4.69) is 5.32 Å². The minimum Gasteiger partial charge on any atom is -0.450 e. The molecule has 2 aromatic heterocycles. The number of carbonyl (C=O) groups excluding carboxylic acids is 2. The average Bonchev–Trinajstić information content (AvgIpc) is 3.13. The monoisotopic (exact) mass is 357 g/mol. The van der Waals surface area contributed by atoms with Gasteiger partial charge in [0.1, 0.15) is 5.58 Å². The highest BCUT2D eigenvalue weighted by atomic mass is 32.1. The second-order valence-corrected chi connectivity index (χ2v) is 6.26. The van der Waals surface area contributed by atoms with Gasteiger partial charge in [0.25, 0.3) is 5.91 Å². The van der Waals surface area contributed by atoms with Crippen LogP contribution < -0.4 is 10.7 Å². The molecule has 0 aliphatic rings. The van der Waals surface area contributed by atoms with Gasteiger partial charge in [0.15, 0.2) is 12.0 Å². The van der Waals surface area contributed by atoms with Crippen LogP contribution in [-0.2, 0) is 16.0 Å². The fourth-order valence-corrected chi connectivity index (χ4v) is 2.95. The van der Waals surface area contributed by atoms with Crippen LogP contribution in [0.2, 0.25) is 0 Å². The zero-order chi connectivity index (χ0) is 17.6. The number of hydrogen-bond donors (Lipinski definition) is 1. The third-order valence-electron chi connectivity index (χ3n) is 3.44. The van der Waals surface area contributed by atoms with Crippen molar-refractivity contribution in [1.29, 1.82) is 0 Å². The van der Waals surface area contributed by atoms with Crippen molar-refractivity contribution < 1.29 is 18.7 Å². The molecule has 25 heavy (non-hydrogen) atoms. The molecule has 0 fully saturated rings. The molecule has 6 nitrogen and oxygen atoms in total. The Morgan fingerprint density at radius 3 is 2.80 bits per heavy atom.